The summed E-state index contributed by atoms with van der Waals surface area (Å²) < 4.78 is 2.01. The van der Waals surface area contributed by atoms with Crippen LogP contribution in [0.1, 0.15) is 60.3 Å². The molecular formula is C28H33N7O. The number of fused-ring (bicyclic) bond motifs is 1. The van der Waals surface area contributed by atoms with Crippen molar-refractivity contribution in [1.82, 2.24) is 35.0 Å². The number of hydrogen-bond donors (Lipinski definition) is 1. The van der Waals surface area contributed by atoms with E-state index in [1.807, 2.05) is 23.7 Å². The smallest absolute Gasteiger partial charge is 0.253 e. The van der Waals surface area contributed by atoms with E-state index in [4.69, 9.17) is 0 Å². The first-order chi connectivity index (χ1) is 17.7. The van der Waals surface area contributed by atoms with Gasteiger partial charge in [-0.2, -0.15) is 0 Å². The van der Waals surface area contributed by atoms with Crippen LogP contribution < -0.4 is 5.56 Å². The minimum Gasteiger partial charge on any atom is -0.321 e. The summed E-state index contributed by atoms with van der Waals surface area (Å²) in [5, 5.41) is 14.1. The third-order valence-corrected chi connectivity index (χ3v) is 7.87. The van der Waals surface area contributed by atoms with E-state index >= 15 is 0 Å². The number of para-hydroxylation sites is 1. The van der Waals surface area contributed by atoms with Crippen molar-refractivity contribution in [2.45, 2.75) is 51.2 Å². The second-order valence-corrected chi connectivity index (χ2v) is 10.2. The molecule has 2 aromatic heterocycles. The van der Waals surface area contributed by atoms with Crippen LogP contribution in [0.3, 0.4) is 0 Å². The van der Waals surface area contributed by atoms with Gasteiger partial charge in [-0.1, -0.05) is 61.4 Å². The SMILES string of the molecule is Cc1cccc2cc(C(c3nnnn3C3CCCC3)N3CCN(Cc4ccccc4)CC3)c(=O)[nH]c12. The zero-order chi connectivity index (χ0) is 24.5. The van der Waals surface area contributed by atoms with Crippen molar-refractivity contribution < 1.29 is 0 Å². The molecule has 1 atom stereocenters. The van der Waals surface area contributed by atoms with Crippen molar-refractivity contribution in [3.05, 3.63) is 87.5 Å². The maximum absolute atomic E-state index is 13.5. The van der Waals surface area contributed by atoms with Crippen molar-refractivity contribution in [3.8, 4) is 0 Å². The van der Waals surface area contributed by atoms with Crippen molar-refractivity contribution in [1.29, 1.82) is 0 Å². The molecule has 0 bridgehead atoms. The van der Waals surface area contributed by atoms with E-state index in [0.29, 0.717) is 6.04 Å². The topological polar surface area (TPSA) is 82.9 Å². The lowest BCUT2D eigenvalue weighted by Crippen LogP contribution is -2.48. The zero-order valence-electron chi connectivity index (χ0n) is 20.8. The van der Waals surface area contributed by atoms with Crippen LogP contribution in [-0.4, -0.2) is 61.2 Å². The minimum absolute atomic E-state index is 0.0607. The fourth-order valence-corrected chi connectivity index (χ4v) is 5.91. The molecule has 1 saturated heterocycles. The van der Waals surface area contributed by atoms with Gasteiger partial charge in [-0.3, -0.25) is 14.6 Å². The molecule has 1 saturated carbocycles. The van der Waals surface area contributed by atoms with Crippen LogP contribution in [0.2, 0.25) is 0 Å². The molecule has 2 aromatic carbocycles. The molecule has 0 radical (unpaired) electrons. The molecule has 36 heavy (non-hydrogen) atoms. The number of nitrogens with zero attached hydrogens (tertiary/aromatic N) is 6. The fourth-order valence-electron chi connectivity index (χ4n) is 5.91. The highest BCUT2D eigenvalue weighted by Crippen LogP contribution is 2.34. The molecule has 1 aliphatic heterocycles. The maximum Gasteiger partial charge on any atom is 0.253 e. The van der Waals surface area contributed by atoms with Crippen molar-refractivity contribution in [2.24, 2.45) is 0 Å². The number of pyridine rings is 1. The highest BCUT2D eigenvalue weighted by Gasteiger charge is 2.34. The molecule has 8 nitrogen and oxygen atoms in total. The van der Waals surface area contributed by atoms with E-state index in [2.05, 4.69) is 72.8 Å². The van der Waals surface area contributed by atoms with Crippen LogP contribution in [-0.2, 0) is 6.54 Å². The lowest BCUT2D eigenvalue weighted by Gasteiger charge is -2.39. The van der Waals surface area contributed by atoms with Gasteiger partial charge in [0.1, 0.15) is 6.04 Å². The number of H-pyrrole nitrogens is 1. The number of benzene rings is 2. The molecule has 1 aliphatic carbocycles. The Morgan fingerprint density at radius 3 is 2.56 bits per heavy atom. The number of piperazine rings is 1. The lowest BCUT2D eigenvalue weighted by atomic mass is 10.0. The molecule has 6 rings (SSSR count). The summed E-state index contributed by atoms with van der Waals surface area (Å²) in [6.07, 6.45) is 4.57. The third kappa shape index (κ3) is 4.47. The number of hydrogen-bond acceptors (Lipinski definition) is 6. The van der Waals surface area contributed by atoms with Crippen molar-refractivity contribution >= 4 is 10.9 Å². The predicted molar refractivity (Wildman–Crippen MR) is 140 cm³/mol. The van der Waals surface area contributed by atoms with Gasteiger partial charge in [0.2, 0.25) is 0 Å². The molecule has 1 N–H and O–H groups in total. The van der Waals surface area contributed by atoms with Crippen LogP contribution in [0.4, 0.5) is 0 Å². The Bertz CT molecular complexity index is 1380. The standard InChI is InChI=1S/C28H33N7O/c1-20-8-7-11-22-18-24(28(36)29-25(20)22)26(27-30-31-32-35(27)23-12-5-6-13-23)34-16-14-33(15-17-34)19-21-9-3-2-4-10-21/h2-4,7-11,18,23,26H,5-6,12-17,19H2,1H3,(H,29,36). The molecule has 4 aromatic rings. The summed E-state index contributed by atoms with van der Waals surface area (Å²) in [6, 6.07) is 18.8. The number of aromatic amines is 1. The summed E-state index contributed by atoms with van der Waals surface area (Å²) >= 11 is 0. The Morgan fingerprint density at radius 2 is 1.78 bits per heavy atom. The van der Waals surface area contributed by atoms with Gasteiger partial charge in [-0.25, -0.2) is 4.68 Å². The Morgan fingerprint density at radius 1 is 1.00 bits per heavy atom. The first-order valence-corrected chi connectivity index (χ1v) is 13.1. The third-order valence-electron chi connectivity index (χ3n) is 7.87. The van der Waals surface area contributed by atoms with Crippen LogP contribution >= 0.6 is 0 Å². The van der Waals surface area contributed by atoms with Crippen LogP contribution in [0.5, 0.6) is 0 Å². The molecule has 0 spiro atoms. The summed E-state index contributed by atoms with van der Waals surface area (Å²) in [4.78, 5) is 21.6. The lowest BCUT2D eigenvalue weighted by molar-refractivity contribution is 0.0989. The fraction of sp³-hybridized carbons (Fsp3) is 0.429. The molecular weight excluding hydrogens is 450 g/mol. The maximum atomic E-state index is 13.5. The van der Waals surface area contributed by atoms with Gasteiger partial charge in [0.05, 0.1) is 11.6 Å². The second kappa shape index (κ2) is 9.95. The second-order valence-electron chi connectivity index (χ2n) is 10.2. The predicted octanol–water partition coefficient (Wildman–Crippen LogP) is 3.85. The van der Waals surface area contributed by atoms with Crippen LogP contribution in [0.15, 0.2) is 59.4 Å². The van der Waals surface area contributed by atoms with Gasteiger partial charge in [0.15, 0.2) is 5.82 Å². The Balaban J connectivity index is 1.35. The molecule has 2 fully saturated rings. The summed E-state index contributed by atoms with van der Waals surface area (Å²) in [5.41, 5.74) is 3.95. The Kier molecular flexibility index (Phi) is 6.37. The summed E-state index contributed by atoms with van der Waals surface area (Å²) in [6.45, 7) is 6.53. The first kappa shape index (κ1) is 23.1. The van der Waals surface area contributed by atoms with E-state index in [0.717, 1.165) is 73.4 Å². The minimum atomic E-state index is -0.284. The number of aromatic nitrogens is 5. The molecule has 8 heteroatoms. The summed E-state index contributed by atoms with van der Waals surface area (Å²) in [5.74, 6) is 0.788. The van der Waals surface area contributed by atoms with Gasteiger partial charge in [-0.15, -0.1) is 5.10 Å². The molecule has 186 valence electrons. The zero-order valence-corrected chi connectivity index (χ0v) is 20.8. The molecule has 3 heterocycles. The van der Waals surface area contributed by atoms with E-state index in [1.54, 1.807) is 0 Å². The molecule has 0 amide bonds. The normalized spacial score (nSPS) is 18.7. The van der Waals surface area contributed by atoms with Crippen LogP contribution in [0.25, 0.3) is 10.9 Å². The number of tetrazole rings is 1. The van der Waals surface area contributed by atoms with Gasteiger partial charge in [0.25, 0.3) is 5.56 Å². The van der Waals surface area contributed by atoms with Crippen molar-refractivity contribution in [3.63, 3.8) is 0 Å². The quantitative estimate of drug-likeness (QED) is 0.449. The largest absolute Gasteiger partial charge is 0.321 e. The Hall–Kier alpha value is -3.36. The highest BCUT2D eigenvalue weighted by molar-refractivity contribution is 5.82. The number of nitrogens with one attached hydrogen (secondary N) is 1. The van der Waals surface area contributed by atoms with E-state index in [9.17, 15) is 4.79 Å². The van der Waals surface area contributed by atoms with Crippen LogP contribution in [0, 0.1) is 6.92 Å². The van der Waals surface area contributed by atoms with E-state index in [-0.39, 0.29) is 11.6 Å². The van der Waals surface area contributed by atoms with Gasteiger partial charge >= 0.3 is 0 Å². The number of rotatable bonds is 6. The average Bonchev–Trinajstić information content (AvgIpc) is 3.59. The monoisotopic (exact) mass is 483 g/mol. The molecule has 2 aliphatic rings. The van der Waals surface area contributed by atoms with Gasteiger partial charge < -0.3 is 4.98 Å². The summed E-state index contributed by atoms with van der Waals surface area (Å²) in [7, 11) is 0. The van der Waals surface area contributed by atoms with Gasteiger partial charge in [0, 0.05) is 38.3 Å². The average molecular weight is 484 g/mol. The number of aryl methyl sites for hydroxylation is 1. The first-order valence-electron chi connectivity index (χ1n) is 13.1. The van der Waals surface area contributed by atoms with E-state index < -0.39 is 0 Å². The van der Waals surface area contributed by atoms with Crippen molar-refractivity contribution in [2.75, 3.05) is 26.2 Å². The van der Waals surface area contributed by atoms with E-state index in [1.165, 1.54) is 18.4 Å². The highest BCUT2D eigenvalue weighted by atomic mass is 16.1. The Labute approximate surface area is 210 Å². The van der Waals surface area contributed by atoms with Gasteiger partial charge in [-0.05, 0) is 52.8 Å². The molecule has 1 unspecified atom stereocenters.